The van der Waals surface area contributed by atoms with Crippen molar-refractivity contribution in [2.45, 2.75) is 45.1 Å². The van der Waals surface area contributed by atoms with E-state index in [1.165, 1.54) is 6.42 Å². The summed E-state index contributed by atoms with van der Waals surface area (Å²) in [6.45, 7) is 1.13. The summed E-state index contributed by atoms with van der Waals surface area (Å²) in [6, 6.07) is 17.1. The molecule has 2 aromatic carbocycles. The Kier molecular flexibility index (Phi) is 6.39. The first-order chi connectivity index (χ1) is 16.6. The molecule has 176 valence electrons. The second-order valence-electron chi connectivity index (χ2n) is 9.17. The Hall–Kier alpha value is -3.54. The Bertz CT molecular complexity index is 1180. The van der Waals surface area contributed by atoms with Gasteiger partial charge in [-0.1, -0.05) is 25.3 Å². The van der Waals surface area contributed by atoms with Crippen LogP contribution in [-0.4, -0.2) is 30.4 Å². The average molecular weight is 459 g/mol. The average Bonchev–Trinajstić information content (AvgIpc) is 3.32. The molecule has 2 heterocycles. The molecule has 1 saturated carbocycles. The van der Waals surface area contributed by atoms with Gasteiger partial charge in [-0.2, -0.15) is 0 Å². The van der Waals surface area contributed by atoms with Crippen LogP contribution < -0.4 is 10.1 Å². The van der Waals surface area contributed by atoms with Gasteiger partial charge in [0.15, 0.2) is 0 Å². The molecule has 6 heteroatoms. The molecule has 1 aromatic heterocycles. The van der Waals surface area contributed by atoms with Gasteiger partial charge >= 0.3 is 0 Å². The lowest BCUT2D eigenvalue weighted by Crippen LogP contribution is -2.35. The van der Waals surface area contributed by atoms with E-state index in [-0.39, 0.29) is 17.7 Å². The summed E-state index contributed by atoms with van der Waals surface area (Å²) in [5.74, 6) is 2.64. The van der Waals surface area contributed by atoms with Crippen molar-refractivity contribution < 1.29 is 18.7 Å². The molecule has 0 spiro atoms. The zero-order chi connectivity index (χ0) is 23.5. The van der Waals surface area contributed by atoms with Gasteiger partial charge in [0.25, 0.3) is 5.91 Å². The standard InChI is InChI=1S/C28H30N2O4/c1-33-24-9-5-8-21(16-24)28(32)30-15-14-25-22(18-30)17-26(34-25)19-10-12-23(13-11-19)29-27(31)20-6-3-2-4-7-20/h5,8-13,16-17,20H,2-4,6-7,14-15,18H2,1H3,(H,29,31). The van der Waals surface area contributed by atoms with Crippen LogP contribution in [0, 0.1) is 5.92 Å². The van der Waals surface area contributed by atoms with Crippen molar-refractivity contribution in [1.82, 2.24) is 4.90 Å². The molecule has 2 amide bonds. The van der Waals surface area contributed by atoms with Crippen LogP contribution >= 0.6 is 0 Å². The van der Waals surface area contributed by atoms with Gasteiger partial charge in [0, 0.05) is 47.8 Å². The summed E-state index contributed by atoms with van der Waals surface area (Å²) in [7, 11) is 1.60. The Morgan fingerprint density at radius 2 is 1.82 bits per heavy atom. The van der Waals surface area contributed by atoms with Crippen molar-refractivity contribution in [3.05, 3.63) is 71.5 Å². The number of carbonyl (C=O) groups excluding carboxylic acids is 2. The molecule has 3 aromatic rings. The zero-order valence-electron chi connectivity index (χ0n) is 19.5. The molecule has 1 aliphatic carbocycles. The normalized spacial score (nSPS) is 16.1. The van der Waals surface area contributed by atoms with Crippen molar-refractivity contribution in [3.63, 3.8) is 0 Å². The predicted octanol–water partition coefficient (Wildman–Crippen LogP) is 5.67. The first kappa shape index (κ1) is 22.3. The van der Waals surface area contributed by atoms with Crippen LogP contribution in [0.4, 0.5) is 5.69 Å². The summed E-state index contributed by atoms with van der Waals surface area (Å²) in [6.07, 6.45) is 6.17. The largest absolute Gasteiger partial charge is 0.497 e. The van der Waals surface area contributed by atoms with Gasteiger partial charge in [0.2, 0.25) is 5.91 Å². The topological polar surface area (TPSA) is 71.8 Å². The van der Waals surface area contributed by atoms with Gasteiger partial charge in [-0.3, -0.25) is 9.59 Å². The van der Waals surface area contributed by atoms with E-state index in [0.29, 0.717) is 30.8 Å². The number of hydrogen-bond acceptors (Lipinski definition) is 4. The molecule has 0 atom stereocenters. The Balaban J connectivity index is 1.25. The molecule has 1 fully saturated rings. The van der Waals surface area contributed by atoms with Gasteiger partial charge in [-0.05, 0) is 61.4 Å². The summed E-state index contributed by atoms with van der Waals surface area (Å²) in [4.78, 5) is 27.4. The second-order valence-corrected chi connectivity index (χ2v) is 9.17. The quantitative estimate of drug-likeness (QED) is 0.535. The van der Waals surface area contributed by atoms with Gasteiger partial charge in [-0.15, -0.1) is 0 Å². The molecular formula is C28H30N2O4. The number of benzene rings is 2. The van der Waals surface area contributed by atoms with Gasteiger partial charge in [0.1, 0.15) is 17.3 Å². The third-order valence-corrected chi connectivity index (χ3v) is 6.88. The minimum Gasteiger partial charge on any atom is -0.497 e. The minimum absolute atomic E-state index is 0.00893. The van der Waals surface area contributed by atoms with Crippen LogP contribution in [0.3, 0.4) is 0 Å². The van der Waals surface area contributed by atoms with Crippen molar-refractivity contribution >= 4 is 17.5 Å². The Morgan fingerprint density at radius 1 is 1.03 bits per heavy atom. The first-order valence-electron chi connectivity index (χ1n) is 12.1. The molecule has 0 bridgehead atoms. The molecule has 2 aliphatic rings. The van der Waals surface area contributed by atoms with E-state index in [4.69, 9.17) is 9.15 Å². The molecule has 0 unspecified atom stereocenters. The van der Waals surface area contributed by atoms with E-state index in [1.807, 2.05) is 53.4 Å². The number of nitrogens with zero attached hydrogens (tertiary/aromatic N) is 1. The van der Waals surface area contributed by atoms with Crippen LogP contribution in [0.1, 0.15) is 53.8 Å². The van der Waals surface area contributed by atoms with E-state index in [1.54, 1.807) is 13.2 Å². The molecule has 6 nitrogen and oxygen atoms in total. The number of ether oxygens (including phenoxy) is 1. The van der Waals surface area contributed by atoms with E-state index < -0.39 is 0 Å². The number of furan rings is 1. The third-order valence-electron chi connectivity index (χ3n) is 6.88. The van der Waals surface area contributed by atoms with Crippen LogP contribution in [0.15, 0.2) is 59.0 Å². The van der Waals surface area contributed by atoms with E-state index in [2.05, 4.69) is 5.32 Å². The second kappa shape index (κ2) is 9.75. The lowest BCUT2D eigenvalue weighted by Gasteiger charge is -2.26. The van der Waals surface area contributed by atoms with Crippen molar-refractivity contribution in [1.29, 1.82) is 0 Å². The molecular weight excluding hydrogens is 428 g/mol. The highest BCUT2D eigenvalue weighted by Crippen LogP contribution is 2.31. The maximum atomic E-state index is 13.0. The molecule has 34 heavy (non-hydrogen) atoms. The Labute approximate surface area is 199 Å². The molecule has 5 rings (SSSR count). The smallest absolute Gasteiger partial charge is 0.254 e. The number of amides is 2. The van der Waals surface area contributed by atoms with Gasteiger partial charge < -0.3 is 19.4 Å². The molecule has 0 saturated heterocycles. The Morgan fingerprint density at radius 3 is 2.59 bits per heavy atom. The highest BCUT2D eigenvalue weighted by Gasteiger charge is 2.26. The zero-order valence-corrected chi connectivity index (χ0v) is 19.5. The lowest BCUT2D eigenvalue weighted by molar-refractivity contribution is -0.120. The molecule has 0 radical (unpaired) electrons. The van der Waals surface area contributed by atoms with Crippen LogP contribution in [-0.2, 0) is 17.8 Å². The first-order valence-corrected chi connectivity index (χ1v) is 12.1. The number of fused-ring (bicyclic) bond motifs is 1. The number of hydrogen-bond donors (Lipinski definition) is 1. The lowest BCUT2D eigenvalue weighted by atomic mass is 9.88. The SMILES string of the molecule is COc1cccc(C(=O)N2CCc3oc(-c4ccc(NC(=O)C5CCCCC5)cc4)cc3C2)c1. The predicted molar refractivity (Wildman–Crippen MR) is 131 cm³/mol. The highest BCUT2D eigenvalue weighted by molar-refractivity contribution is 5.95. The monoisotopic (exact) mass is 458 g/mol. The van der Waals surface area contributed by atoms with E-state index >= 15 is 0 Å². The highest BCUT2D eigenvalue weighted by atomic mass is 16.5. The number of anilines is 1. The minimum atomic E-state index is -0.00893. The fourth-order valence-corrected chi connectivity index (χ4v) is 4.91. The maximum absolute atomic E-state index is 13.0. The van der Waals surface area contributed by atoms with Gasteiger partial charge in [-0.25, -0.2) is 0 Å². The third kappa shape index (κ3) is 4.72. The van der Waals surface area contributed by atoms with Crippen molar-refractivity contribution in [2.24, 2.45) is 5.92 Å². The number of nitrogens with one attached hydrogen (secondary N) is 1. The molecule has 1 aliphatic heterocycles. The fraction of sp³-hybridized carbons (Fsp3) is 0.357. The van der Waals surface area contributed by atoms with Crippen molar-refractivity contribution in [2.75, 3.05) is 19.0 Å². The molecule has 1 N–H and O–H groups in total. The van der Waals surface area contributed by atoms with Crippen LogP contribution in [0.2, 0.25) is 0 Å². The van der Waals surface area contributed by atoms with Crippen LogP contribution in [0.25, 0.3) is 11.3 Å². The fourth-order valence-electron chi connectivity index (χ4n) is 4.91. The number of rotatable bonds is 5. The number of methoxy groups -OCH3 is 1. The summed E-state index contributed by atoms with van der Waals surface area (Å²) in [5.41, 5.74) is 3.42. The van der Waals surface area contributed by atoms with E-state index in [0.717, 1.165) is 54.0 Å². The summed E-state index contributed by atoms with van der Waals surface area (Å²) < 4.78 is 11.4. The summed E-state index contributed by atoms with van der Waals surface area (Å²) in [5, 5.41) is 3.06. The number of carbonyl (C=O) groups is 2. The summed E-state index contributed by atoms with van der Waals surface area (Å²) >= 11 is 0. The van der Waals surface area contributed by atoms with Gasteiger partial charge in [0.05, 0.1) is 7.11 Å². The van der Waals surface area contributed by atoms with Crippen molar-refractivity contribution in [3.8, 4) is 17.1 Å². The van der Waals surface area contributed by atoms with Crippen LogP contribution in [0.5, 0.6) is 5.75 Å². The van der Waals surface area contributed by atoms with E-state index in [9.17, 15) is 9.59 Å². The maximum Gasteiger partial charge on any atom is 0.254 e.